The number of fused-ring (bicyclic) bond motifs is 1. The highest BCUT2D eigenvalue weighted by Crippen LogP contribution is 2.20. The number of unbranched alkanes of at least 4 members (excludes halogenated alkanes) is 1. The zero-order valence-electron chi connectivity index (χ0n) is 18.2. The lowest BCUT2D eigenvalue weighted by molar-refractivity contribution is -0.141. The van der Waals surface area contributed by atoms with E-state index in [4.69, 9.17) is 4.74 Å². The molecule has 0 aliphatic carbocycles. The maximum absolute atomic E-state index is 12.2. The molecule has 32 heavy (non-hydrogen) atoms. The van der Waals surface area contributed by atoms with E-state index in [-0.39, 0.29) is 5.91 Å². The van der Waals surface area contributed by atoms with Gasteiger partial charge in [-0.15, -0.1) is 0 Å². The van der Waals surface area contributed by atoms with E-state index in [0.717, 1.165) is 54.6 Å². The summed E-state index contributed by atoms with van der Waals surface area (Å²) in [6.45, 7) is 1.33. The molecule has 1 amide bonds. The van der Waals surface area contributed by atoms with Crippen LogP contribution in [0.2, 0.25) is 0 Å². The molecule has 1 aliphatic rings. The number of methoxy groups -OCH3 is 1. The largest absolute Gasteiger partial charge is 0.467 e. The first kappa shape index (κ1) is 23.9. The van der Waals surface area contributed by atoms with Crippen LogP contribution in [0.15, 0.2) is 29.0 Å². The number of hydrogen-bond donors (Lipinski definition) is 3. The molecule has 1 aliphatic heterocycles. The van der Waals surface area contributed by atoms with Gasteiger partial charge in [0.25, 0.3) is 0 Å². The zero-order valence-corrected chi connectivity index (χ0v) is 19.8. The predicted octanol–water partition coefficient (Wildman–Crippen LogP) is 2.86. The van der Waals surface area contributed by atoms with Crippen molar-refractivity contribution in [1.29, 1.82) is 0 Å². The molecule has 0 bridgehead atoms. The number of aromatic nitrogens is 3. The summed E-state index contributed by atoms with van der Waals surface area (Å²) in [6, 6.07) is 3.59. The molecule has 0 saturated carbocycles. The first-order chi connectivity index (χ1) is 15.5. The minimum atomic E-state index is -0.648. The number of nitrogens with one attached hydrogen (secondary N) is 3. The molecule has 2 aromatic heterocycles. The Kier molecular flexibility index (Phi) is 9.21. The maximum Gasteiger partial charge on any atom is 0.328 e. The number of nitrogens with zero attached hydrogens (tertiary/aromatic N) is 3. The quantitative estimate of drug-likeness (QED) is 0.315. The van der Waals surface area contributed by atoms with Crippen LogP contribution in [0.4, 0.5) is 11.8 Å². The van der Waals surface area contributed by atoms with Crippen molar-refractivity contribution in [3.63, 3.8) is 0 Å². The third-order valence-corrected chi connectivity index (χ3v) is 5.61. The summed E-state index contributed by atoms with van der Waals surface area (Å²) in [5.41, 5.74) is 2.34. The third-order valence-electron chi connectivity index (χ3n) is 5.20. The first-order valence-corrected chi connectivity index (χ1v) is 11.7. The topological polar surface area (TPSA) is 118 Å². The molecule has 0 spiro atoms. The van der Waals surface area contributed by atoms with Gasteiger partial charge >= 0.3 is 5.97 Å². The van der Waals surface area contributed by atoms with Crippen LogP contribution >= 0.6 is 15.9 Å². The SMILES string of the molecule is COC(=O)C(CCNC(=O)CCCCc1ccc2c(n1)NCCC2)Nc1ncc(Br)cn1. The molecule has 0 fully saturated rings. The number of pyridine rings is 1. The lowest BCUT2D eigenvalue weighted by Crippen LogP contribution is -2.36. The lowest BCUT2D eigenvalue weighted by atomic mass is 10.1. The Labute approximate surface area is 196 Å². The molecule has 0 radical (unpaired) electrons. The van der Waals surface area contributed by atoms with Crippen molar-refractivity contribution >= 4 is 39.6 Å². The van der Waals surface area contributed by atoms with E-state index in [0.29, 0.717) is 25.3 Å². The van der Waals surface area contributed by atoms with Crippen molar-refractivity contribution in [1.82, 2.24) is 20.3 Å². The van der Waals surface area contributed by atoms with Crippen molar-refractivity contribution < 1.29 is 14.3 Å². The van der Waals surface area contributed by atoms with Crippen LogP contribution in [0.1, 0.15) is 43.4 Å². The van der Waals surface area contributed by atoms with Crippen molar-refractivity contribution in [2.45, 2.75) is 51.0 Å². The number of rotatable bonds is 11. The van der Waals surface area contributed by atoms with Gasteiger partial charge in [-0.05, 0) is 66.1 Å². The fourth-order valence-electron chi connectivity index (χ4n) is 3.48. The third kappa shape index (κ3) is 7.44. The van der Waals surface area contributed by atoms with Crippen LogP contribution < -0.4 is 16.0 Å². The second kappa shape index (κ2) is 12.3. The normalized spacial score (nSPS) is 13.4. The van der Waals surface area contributed by atoms with Crippen molar-refractivity contribution in [2.75, 3.05) is 30.8 Å². The molecular formula is C22H29BrN6O3. The number of halogens is 1. The van der Waals surface area contributed by atoms with Crippen LogP contribution in [-0.4, -0.2) is 53.1 Å². The minimum Gasteiger partial charge on any atom is -0.467 e. The predicted molar refractivity (Wildman–Crippen MR) is 125 cm³/mol. The summed E-state index contributed by atoms with van der Waals surface area (Å²) < 4.78 is 5.57. The molecule has 9 nitrogen and oxygen atoms in total. The second-order valence-corrected chi connectivity index (χ2v) is 8.55. The monoisotopic (exact) mass is 504 g/mol. The number of carbonyl (C=O) groups excluding carboxylic acids is 2. The van der Waals surface area contributed by atoms with E-state index >= 15 is 0 Å². The van der Waals surface area contributed by atoms with E-state index in [1.54, 1.807) is 12.4 Å². The number of ether oxygens (including phenoxy) is 1. The summed E-state index contributed by atoms with van der Waals surface area (Å²) in [7, 11) is 1.32. The van der Waals surface area contributed by atoms with Gasteiger partial charge in [-0.2, -0.15) is 0 Å². The standard InChI is InChI=1S/C22H29BrN6O3/c1-32-21(31)18(29-22-26-13-16(23)14-27-22)10-12-24-19(30)7-3-2-6-17-9-8-15-5-4-11-25-20(15)28-17/h8-9,13-14,18H,2-7,10-12H2,1H3,(H,24,30)(H,25,28)(H,26,27,29). The Morgan fingerprint density at radius 2 is 2.06 bits per heavy atom. The Morgan fingerprint density at radius 3 is 2.84 bits per heavy atom. The molecule has 10 heteroatoms. The van der Waals surface area contributed by atoms with Gasteiger partial charge in [-0.1, -0.05) is 6.07 Å². The molecule has 172 valence electrons. The fraction of sp³-hybridized carbons (Fsp3) is 0.500. The van der Waals surface area contributed by atoms with Gasteiger partial charge < -0.3 is 20.7 Å². The maximum atomic E-state index is 12.2. The Balaban J connectivity index is 1.35. The Bertz CT molecular complexity index is 909. The molecule has 0 aromatic carbocycles. The van der Waals surface area contributed by atoms with Crippen LogP contribution in [-0.2, 0) is 27.2 Å². The van der Waals surface area contributed by atoms with E-state index < -0.39 is 12.0 Å². The number of esters is 1. The zero-order chi connectivity index (χ0) is 22.8. The summed E-state index contributed by atoms with van der Waals surface area (Å²) in [6.07, 6.45) is 8.73. The average Bonchev–Trinajstić information content (AvgIpc) is 2.82. The number of anilines is 2. The average molecular weight is 505 g/mol. The van der Waals surface area contributed by atoms with Gasteiger partial charge in [0.1, 0.15) is 11.9 Å². The van der Waals surface area contributed by atoms with E-state index in [2.05, 4.69) is 59.0 Å². The minimum absolute atomic E-state index is 0.0337. The molecule has 3 rings (SSSR count). The van der Waals surface area contributed by atoms with Crippen molar-refractivity contribution in [3.8, 4) is 0 Å². The molecule has 1 unspecified atom stereocenters. The smallest absolute Gasteiger partial charge is 0.328 e. The van der Waals surface area contributed by atoms with Crippen LogP contribution in [0.5, 0.6) is 0 Å². The molecule has 1 atom stereocenters. The summed E-state index contributed by atoms with van der Waals surface area (Å²) in [4.78, 5) is 37.1. The van der Waals surface area contributed by atoms with Crippen LogP contribution in [0.25, 0.3) is 0 Å². The molecule has 0 saturated heterocycles. The number of aryl methyl sites for hydroxylation is 2. The highest BCUT2D eigenvalue weighted by molar-refractivity contribution is 9.10. The van der Waals surface area contributed by atoms with Crippen LogP contribution in [0, 0.1) is 0 Å². The van der Waals surface area contributed by atoms with Gasteiger partial charge in [-0.3, -0.25) is 4.79 Å². The molecule has 3 N–H and O–H groups in total. The summed E-state index contributed by atoms with van der Waals surface area (Å²) in [5.74, 6) is 0.862. The molecule has 3 heterocycles. The highest BCUT2D eigenvalue weighted by Gasteiger charge is 2.20. The summed E-state index contributed by atoms with van der Waals surface area (Å²) in [5, 5.41) is 9.16. The lowest BCUT2D eigenvalue weighted by Gasteiger charge is -2.17. The van der Waals surface area contributed by atoms with Gasteiger partial charge in [-0.25, -0.2) is 19.7 Å². The van der Waals surface area contributed by atoms with E-state index in [1.165, 1.54) is 12.7 Å². The second-order valence-electron chi connectivity index (χ2n) is 7.63. The Morgan fingerprint density at radius 1 is 1.25 bits per heavy atom. The highest BCUT2D eigenvalue weighted by atomic mass is 79.9. The van der Waals surface area contributed by atoms with Gasteiger partial charge in [0, 0.05) is 37.6 Å². The van der Waals surface area contributed by atoms with E-state index in [1.807, 2.05) is 0 Å². The number of carbonyl (C=O) groups is 2. The van der Waals surface area contributed by atoms with E-state index in [9.17, 15) is 9.59 Å². The number of hydrogen-bond acceptors (Lipinski definition) is 8. The van der Waals surface area contributed by atoms with Gasteiger partial charge in [0.2, 0.25) is 11.9 Å². The molecule has 2 aromatic rings. The van der Waals surface area contributed by atoms with Crippen LogP contribution in [0.3, 0.4) is 0 Å². The van der Waals surface area contributed by atoms with Gasteiger partial charge in [0.15, 0.2) is 0 Å². The first-order valence-electron chi connectivity index (χ1n) is 10.9. The Hall–Kier alpha value is -2.75. The molecular weight excluding hydrogens is 476 g/mol. The summed E-state index contributed by atoms with van der Waals surface area (Å²) >= 11 is 3.27. The van der Waals surface area contributed by atoms with Gasteiger partial charge in [0.05, 0.1) is 11.6 Å². The van der Waals surface area contributed by atoms with Crippen molar-refractivity contribution in [2.24, 2.45) is 0 Å². The number of amides is 1. The fourth-order valence-corrected chi connectivity index (χ4v) is 3.68. The van der Waals surface area contributed by atoms with Crippen molar-refractivity contribution in [3.05, 3.63) is 40.3 Å².